The maximum atomic E-state index is 12.9. The predicted octanol–water partition coefficient (Wildman–Crippen LogP) is 3.62. The van der Waals surface area contributed by atoms with Crippen molar-refractivity contribution in [1.29, 1.82) is 5.26 Å². The van der Waals surface area contributed by atoms with E-state index in [1.165, 1.54) is 16.3 Å². The van der Waals surface area contributed by atoms with E-state index in [1.807, 2.05) is 50.2 Å². The molecule has 0 saturated heterocycles. The third-order valence-corrected chi connectivity index (χ3v) is 6.47. The highest BCUT2D eigenvalue weighted by atomic mass is 32.2. The van der Waals surface area contributed by atoms with Crippen molar-refractivity contribution in [3.63, 3.8) is 0 Å². The first-order chi connectivity index (χ1) is 13.7. The lowest BCUT2D eigenvalue weighted by atomic mass is 9.90. The first-order valence-electron chi connectivity index (χ1n) is 9.45. The van der Waals surface area contributed by atoms with Crippen LogP contribution >= 0.6 is 11.8 Å². The molecule has 150 valence electrons. The number of thioether (sulfide) groups is 1. The standard InChI is InChI=1S/C22H24N4O2S/c1-13(2)22(4,12-23)25-19(27)14(3)29-21-24-18-11-16-9-7-6-8-15(16)10-17(18)20(28)26(21)5/h6-11,13-14H,1-5H3,(H,25,27)/t14-,22-/m0/s1. The van der Waals surface area contributed by atoms with Gasteiger partial charge in [0.15, 0.2) is 5.16 Å². The molecule has 0 bridgehead atoms. The molecule has 0 aliphatic rings. The number of hydrogen-bond donors (Lipinski definition) is 1. The molecule has 0 fully saturated rings. The van der Waals surface area contributed by atoms with Crippen LogP contribution in [-0.4, -0.2) is 26.2 Å². The van der Waals surface area contributed by atoms with Gasteiger partial charge in [0.1, 0.15) is 5.54 Å². The molecule has 0 aliphatic carbocycles. The van der Waals surface area contributed by atoms with E-state index in [-0.39, 0.29) is 17.4 Å². The molecular weight excluding hydrogens is 384 g/mol. The number of amides is 1. The Morgan fingerprint density at radius 3 is 2.45 bits per heavy atom. The summed E-state index contributed by atoms with van der Waals surface area (Å²) in [6.45, 7) is 7.23. The number of carbonyl (C=O) groups excluding carboxylic acids is 1. The summed E-state index contributed by atoms with van der Waals surface area (Å²) in [5, 5.41) is 14.7. The molecule has 2 atom stereocenters. The first kappa shape index (κ1) is 20.9. The molecule has 0 spiro atoms. The first-order valence-corrected chi connectivity index (χ1v) is 10.3. The summed E-state index contributed by atoms with van der Waals surface area (Å²) in [5.41, 5.74) is -0.501. The smallest absolute Gasteiger partial charge is 0.261 e. The molecule has 3 aromatic rings. The summed E-state index contributed by atoms with van der Waals surface area (Å²) in [6, 6.07) is 13.7. The highest BCUT2D eigenvalue weighted by Gasteiger charge is 2.32. The van der Waals surface area contributed by atoms with Crippen LogP contribution in [0, 0.1) is 17.2 Å². The molecule has 7 heteroatoms. The van der Waals surface area contributed by atoms with E-state index in [0.29, 0.717) is 16.1 Å². The van der Waals surface area contributed by atoms with Crippen LogP contribution in [0.3, 0.4) is 0 Å². The van der Waals surface area contributed by atoms with Crippen molar-refractivity contribution in [3.05, 3.63) is 46.8 Å². The molecule has 3 rings (SSSR count). The van der Waals surface area contributed by atoms with Gasteiger partial charge in [-0.05, 0) is 42.7 Å². The lowest BCUT2D eigenvalue weighted by Gasteiger charge is -2.28. The second kappa shape index (κ2) is 7.88. The molecule has 1 heterocycles. The molecule has 0 aliphatic heterocycles. The number of nitriles is 1. The topological polar surface area (TPSA) is 87.8 Å². The summed E-state index contributed by atoms with van der Waals surface area (Å²) in [5.74, 6) is -0.300. The van der Waals surface area contributed by atoms with E-state index in [9.17, 15) is 14.9 Å². The average molecular weight is 409 g/mol. The number of nitrogens with one attached hydrogen (secondary N) is 1. The van der Waals surface area contributed by atoms with Crippen LogP contribution in [0.5, 0.6) is 0 Å². The molecule has 29 heavy (non-hydrogen) atoms. The zero-order valence-electron chi connectivity index (χ0n) is 17.2. The Kier molecular flexibility index (Phi) is 5.67. The summed E-state index contributed by atoms with van der Waals surface area (Å²) in [4.78, 5) is 30.2. The maximum absolute atomic E-state index is 12.9. The van der Waals surface area contributed by atoms with Crippen molar-refractivity contribution >= 4 is 39.3 Å². The van der Waals surface area contributed by atoms with Crippen LogP contribution in [0.15, 0.2) is 46.3 Å². The lowest BCUT2D eigenvalue weighted by Crippen LogP contribution is -2.51. The van der Waals surface area contributed by atoms with Gasteiger partial charge in [-0.3, -0.25) is 14.2 Å². The Bertz CT molecular complexity index is 1200. The minimum absolute atomic E-state index is 0.0370. The van der Waals surface area contributed by atoms with E-state index in [1.54, 1.807) is 20.9 Å². The van der Waals surface area contributed by atoms with E-state index in [2.05, 4.69) is 16.4 Å². The van der Waals surface area contributed by atoms with Gasteiger partial charge in [-0.25, -0.2) is 4.98 Å². The van der Waals surface area contributed by atoms with Crippen molar-refractivity contribution in [2.24, 2.45) is 13.0 Å². The normalized spacial score (nSPS) is 14.5. The van der Waals surface area contributed by atoms with Crippen molar-refractivity contribution in [1.82, 2.24) is 14.9 Å². The molecule has 6 nitrogen and oxygen atoms in total. The quantitative estimate of drug-likeness (QED) is 0.396. The Hall–Kier alpha value is -2.85. The van der Waals surface area contributed by atoms with Gasteiger partial charge >= 0.3 is 0 Å². The van der Waals surface area contributed by atoms with Crippen molar-refractivity contribution < 1.29 is 4.79 Å². The van der Waals surface area contributed by atoms with Gasteiger partial charge in [-0.15, -0.1) is 0 Å². The molecule has 1 amide bonds. The van der Waals surface area contributed by atoms with Gasteiger partial charge in [0, 0.05) is 7.05 Å². The lowest BCUT2D eigenvalue weighted by molar-refractivity contribution is -0.121. The zero-order valence-corrected chi connectivity index (χ0v) is 18.0. The number of benzene rings is 2. The summed E-state index contributed by atoms with van der Waals surface area (Å²) in [6.07, 6.45) is 0. The predicted molar refractivity (Wildman–Crippen MR) is 117 cm³/mol. The number of hydrogen-bond acceptors (Lipinski definition) is 5. The van der Waals surface area contributed by atoms with E-state index in [0.717, 1.165) is 10.8 Å². The minimum Gasteiger partial charge on any atom is -0.337 e. The number of aromatic nitrogens is 2. The van der Waals surface area contributed by atoms with Gasteiger partial charge in [0.2, 0.25) is 5.91 Å². The Balaban J connectivity index is 1.94. The second-order valence-corrected chi connectivity index (χ2v) is 9.00. The van der Waals surface area contributed by atoms with E-state index in [4.69, 9.17) is 0 Å². The molecule has 2 aromatic carbocycles. The fourth-order valence-electron chi connectivity index (χ4n) is 2.91. The van der Waals surface area contributed by atoms with Gasteiger partial charge < -0.3 is 5.32 Å². The Labute approximate surface area is 173 Å². The van der Waals surface area contributed by atoms with Crippen molar-refractivity contribution in [3.8, 4) is 6.07 Å². The van der Waals surface area contributed by atoms with Gasteiger partial charge in [0.05, 0.1) is 22.2 Å². The summed E-state index contributed by atoms with van der Waals surface area (Å²) >= 11 is 1.21. The molecule has 0 saturated carbocycles. The minimum atomic E-state index is -0.951. The van der Waals surface area contributed by atoms with Gasteiger partial charge in [-0.2, -0.15) is 5.26 Å². The van der Waals surface area contributed by atoms with Crippen LogP contribution < -0.4 is 10.9 Å². The largest absolute Gasteiger partial charge is 0.337 e. The average Bonchev–Trinajstić information content (AvgIpc) is 2.70. The van der Waals surface area contributed by atoms with Crippen molar-refractivity contribution in [2.45, 2.75) is 43.6 Å². The molecule has 0 radical (unpaired) electrons. The number of rotatable bonds is 5. The number of nitrogens with zero attached hydrogens (tertiary/aromatic N) is 3. The highest BCUT2D eigenvalue weighted by Crippen LogP contribution is 2.25. The summed E-state index contributed by atoms with van der Waals surface area (Å²) in [7, 11) is 1.66. The Morgan fingerprint density at radius 1 is 1.24 bits per heavy atom. The van der Waals surface area contributed by atoms with Gasteiger partial charge in [0.25, 0.3) is 5.56 Å². The van der Waals surface area contributed by atoms with E-state index < -0.39 is 10.8 Å². The second-order valence-electron chi connectivity index (χ2n) is 7.69. The third kappa shape index (κ3) is 3.99. The zero-order chi connectivity index (χ0) is 21.3. The highest BCUT2D eigenvalue weighted by molar-refractivity contribution is 8.00. The Morgan fingerprint density at radius 2 is 1.86 bits per heavy atom. The SMILES string of the molecule is CC(C)[C@](C)(C#N)NC(=O)[C@H](C)Sc1nc2cc3ccccc3cc2c(=O)n1C. The molecular formula is C22H24N4O2S. The monoisotopic (exact) mass is 408 g/mol. The maximum Gasteiger partial charge on any atom is 0.261 e. The van der Waals surface area contributed by atoms with E-state index >= 15 is 0 Å². The number of carbonyl (C=O) groups is 1. The van der Waals surface area contributed by atoms with Crippen LogP contribution in [0.4, 0.5) is 0 Å². The summed E-state index contributed by atoms with van der Waals surface area (Å²) < 4.78 is 1.47. The van der Waals surface area contributed by atoms with Gasteiger partial charge in [-0.1, -0.05) is 49.9 Å². The molecule has 1 aromatic heterocycles. The molecule has 0 unspecified atom stereocenters. The molecule has 1 N–H and O–H groups in total. The third-order valence-electron chi connectivity index (χ3n) is 5.32. The van der Waals surface area contributed by atoms with Crippen LogP contribution in [0.25, 0.3) is 21.7 Å². The van der Waals surface area contributed by atoms with Crippen LogP contribution in [0.1, 0.15) is 27.7 Å². The number of fused-ring (bicyclic) bond motifs is 2. The van der Waals surface area contributed by atoms with Crippen LogP contribution in [0.2, 0.25) is 0 Å². The fourth-order valence-corrected chi connectivity index (χ4v) is 3.79. The van der Waals surface area contributed by atoms with Crippen molar-refractivity contribution in [2.75, 3.05) is 0 Å². The van der Waals surface area contributed by atoms with Crippen LogP contribution in [-0.2, 0) is 11.8 Å². The fraction of sp³-hybridized carbons (Fsp3) is 0.364.